The van der Waals surface area contributed by atoms with Gasteiger partial charge in [-0.1, -0.05) is 0 Å². The Morgan fingerprint density at radius 3 is 2.82 bits per heavy atom. The Morgan fingerprint density at radius 2 is 2.12 bits per heavy atom. The molecule has 2 N–H and O–H groups in total. The van der Waals surface area contributed by atoms with Gasteiger partial charge in [-0.05, 0) is 37.9 Å². The molecule has 0 bridgehead atoms. The third-order valence-corrected chi connectivity index (χ3v) is 3.11. The molecule has 1 saturated heterocycles. The number of hydrogen-bond donors (Lipinski definition) is 1. The van der Waals surface area contributed by atoms with Crippen LogP contribution in [0.2, 0.25) is 0 Å². The maximum Gasteiger partial charge on any atom is 0.167 e. The van der Waals surface area contributed by atoms with Crippen LogP contribution < -0.4 is 10.6 Å². The summed E-state index contributed by atoms with van der Waals surface area (Å²) in [5.74, 6) is 0.937. The van der Waals surface area contributed by atoms with Gasteiger partial charge in [0.1, 0.15) is 5.82 Å². The molecule has 92 valence electrons. The first-order chi connectivity index (χ1) is 8.33. The first-order valence-electron chi connectivity index (χ1n) is 6.26. The van der Waals surface area contributed by atoms with Crippen LogP contribution in [-0.2, 0) is 0 Å². The van der Waals surface area contributed by atoms with E-state index in [1.807, 2.05) is 12.1 Å². The lowest BCUT2D eigenvalue weighted by Crippen LogP contribution is -2.31. The van der Waals surface area contributed by atoms with Crippen LogP contribution >= 0.6 is 0 Å². The summed E-state index contributed by atoms with van der Waals surface area (Å²) >= 11 is 0. The van der Waals surface area contributed by atoms with Gasteiger partial charge in [-0.3, -0.25) is 4.79 Å². The fraction of sp³-hybridized carbons (Fsp3) is 0.538. The lowest BCUT2D eigenvalue weighted by atomic mass is 10.1. The molecule has 0 unspecified atom stereocenters. The Balaban J connectivity index is 2.23. The zero-order valence-electron chi connectivity index (χ0n) is 10.1. The van der Waals surface area contributed by atoms with Crippen LogP contribution in [0.15, 0.2) is 18.3 Å². The highest BCUT2D eigenvalue weighted by Gasteiger charge is 2.18. The number of ketones is 1. The monoisotopic (exact) mass is 233 g/mol. The lowest BCUT2D eigenvalue weighted by molar-refractivity contribution is 0.0985. The third-order valence-electron chi connectivity index (χ3n) is 3.11. The molecule has 2 heterocycles. The quantitative estimate of drug-likeness (QED) is 0.802. The Kier molecular flexibility index (Phi) is 4.09. The number of hydrogen-bond acceptors (Lipinski definition) is 4. The Labute approximate surface area is 102 Å². The molecule has 1 aromatic rings. The first kappa shape index (κ1) is 12.0. The van der Waals surface area contributed by atoms with Gasteiger partial charge in [0, 0.05) is 25.7 Å². The molecule has 4 nitrogen and oxygen atoms in total. The smallest absolute Gasteiger partial charge is 0.167 e. The van der Waals surface area contributed by atoms with E-state index >= 15 is 0 Å². The van der Waals surface area contributed by atoms with E-state index in [1.165, 1.54) is 19.3 Å². The topological polar surface area (TPSA) is 59.2 Å². The van der Waals surface area contributed by atoms with E-state index in [0.717, 1.165) is 24.5 Å². The van der Waals surface area contributed by atoms with E-state index in [4.69, 9.17) is 5.73 Å². The van der Waals surface area contributed by atoms with Crippen molar-refractivity contribution >= 4 is 11.6 Å². The molecule has 1 aliphatic heterocycles. The highest BCUT2D eigenvalue weighted by Crippen LogP contribution is 2.22. The number of rotatable bonds is 4. The van der Waals surface area contributed by atoms with E-state index < -0.39 is 0 Å². The molecule has 0 atom stereocenters. The van der Waals surface area contributed by atoms with Crippen molar-refractivity contribution in [2.45, 2.75) is 25.7 Å². The van der Waals surface area contributed by atoms with Crippen molar-refractivity contribution in [2.75, 3.05) is 24.5 Å². The first-order valence-corrected chi connectivity index (χ1v) is 6.26. The second kappa shape index (κ2) is 5.77. The van der Waals surface area contributed by atoms with E-state index in [1.54, 1.807) is 6.20 Å². The fourth-order valence-electron chi connectivity index (χ4n) is 2.24. The van der Waals surface area contributed by atoms with Crippen molar-refractivity contribution in [3.63, 3.8) is 0 Å². The van der Waals surface area contributed by atoms with Crippen LogP contribution in [0.5, 0.6) is 0 Å². The van der Waals surface area contributed by atoms with Gasteiger partial charge in [-0.2, -0.15) is 0 Å². The summed E-state index contributed by atoms with van der Waals surface area (Å²) in [6.07, 6.45) is 5.79. The molecule has 0 amide bonds. The molecule has 1 fully saturated rings. The Bertz CT molecular complexity index is 386. The number of anilines is 1. The summed E-state index contributed by atoms with van der Waals surface area (Å²) < 4.78 is 0. The summed E-state index contributed by atoms with van der Waals surface area (Å²) in [4.78, 5) is 18.5. The summed E-state index contributed by atoms with van der Waals surface area (Å²) in [5.41, 5.74) is 6.16. The minimum absolute atomic E-state index is 0.0983. The number of pyridine rings is 1. The van der Waals surface area contributed by atoms with Crippen molar-refractivity contribution < 1.29 is 4.79 Å². The average molecular weight is 233 g/mol. The number of aromatic nitrogens is 1. The molecule has 0 saturated carbocycles. The molecule has 2 rings (SSSR count). The summed E-state index contributed by atoms with van der Waals surface area (Å²) in [7, 11) is 0. The molecule has 0 spiro atoms. The predicted octanol–water partition coefficient (Wildman–Crippen LogP) is 1.60. The molecule has 4 heteroatoms. The third kappa shape index (κ3) is 2.82. The van der Waals surface area contributed by atoms with Gasteiger partial charge in [0.05, 0.1) is 5.56 Å². The number of Topliss-reactive ketones (excluding diaryl/α,β-unsaturated/α-hetero) is 1. The molecule has 1 aromatic heterocycles. The van der Waals surface area contributed by atoms with E-state index in [-0.39, 0.29) is 5.78 Å². The maximum atomic E-state index is 12.0. The maximum absolute atomic E-state index is 12.0. The summed E-state index contributed by atoms with van der Waals surface area (Å²) in [6, 6.07) is 3.67. The largest absolute Gasteiger partial charge is 0.356 e. The van der Waals surface area contributed by atoms with Crippen LogP contribution in [0.3, 0.4) is 0 Å². The zero-order chi connectivity index (χ0) is 12.1. The van der Waals surface area contributed by atoms with Gasteiger partial charge in [-0.15, -0.1) is 0 Å². The van der Waals surface area contributed by atoms with Gasteiger partial charge < -0.3 is 10.6 Å². The lowest BCUT2D eigenvalue weighted by Gasteiger charge is -2.29. The van der Waals surface area contributed by atoms with E-state index in [0.29, 0.717) is 13.0 Å². The van der Waals surface area contributed by atoms with Gasteiger partial charge in [0.2, 0.25) is 0 Å². The van der Waals surface area contributed by atoms with E-state index in [9.17, 15) is 4.79 Å². The average Bonchev–Trinajstić information content (AvgIpc) is 2.40. The number of piperidine rings is 1. The number of nitrogens with two attached hydrogens (primary N) is 1. The highest BCUT2D eigenvalue weighted by molar-refractivity contribution is 6.00. The normalized spacial score (nSPS) is 15.9. The van der Waals surface area contributed by atoms with Crippen LogP contribution in [0.4, 0.5) is 5.82 Å². The minimum Gasteiger partial charge on any atom is -0.356 e. The SMILES string of the molecule is NCCC(=O)c1cccnc1N1CCCCC1. The molecule has 17 heavy (non-hydrogen) atoms. The molecular weight excluding hydrogens is 214 g/mol. The second-order valence-electron chi connectivity index (χ2n) is 4.38. The Hall–Kier alpha value is -1.42. The number of carbonyl (C=O) groups is 1. The minimum atomic E-state index is 0.0983. The predicted molar refractivity (Wildman–Crippen MR) is 68.3 cm³/mol. The van der Waals surface area contributed by atoms with E-state index in [2.05, 4.69) is 9.88 Å². The molecule has 0 radical (unpaired) electrons. The van der Waals surface area contributed by atoms with Gasteiger partial charge in [0.15, 0.2) is 5.78 Å². The van der Waals surface area contributed by atoms with Crippen LogP contribution in [-0.4, -0.2) is 30.4 Å². The second-order valence-corrected chi connectivity index (χ2v) is 4.38. The molecular formula is C13H19N3O. The zero-order valence-corrected chi connectivity index (χ0v) is 10.1. The molecule has 1 aliphatic rings. The Morgan fingerprint density at radius 1 is 1.35 bits per heavy atom. The van der Waals surface area contributed by atoms with Gasteiger partial charge in [0.25, 0.3) is 0 Å². The fourth-order valence-corrected chi connectivity index (χ4v) is 2.24. The number of nitrogens with zero attached hydrogens (tertiary/aromatic N) is 2. The number of carbonyl (C=O) groups excluding carboxylic acids is 1. The molecule has 0 aromatic carbocycles. The van der Waals surface area contributed by atoms with Crippen molar-refractivity contribution in [1.82, 2.24) is 4.98 Å². The standard InChI is InChI=1S/C13H19N3O/c14-7-6-12(17)11-5-4-8-15-13(11)16-9-2-1-3-10-16/h4-5,8H,1-3,6-7,9-10,14H2. The molecule has 0 aliphatic carbocycles. The highest BCUT2D eigenvalue weighted by atomic mass is 16.1. The van der Waals surface area contributed by atoms with Gasteiger partial charge in [-0.25, -0.2) is 4.98 Å². The van der Waals surface area contributed by atoms with Crippen molar-refractivity contribution in [2.24, 2.45) is 5.73 Å². The van der Waals surface area contributed by atoms with Gasteiger partial charge >= 0.3 is 0 Å². The summed E-state index contributed by atoms with van der Waals surface area (Å²) in [6.45, 7) is 2.40. The van der Waals surface area contributed by atoms with Crippen molar-refractivity contribution in [3.05, 3.63) is 23.9 Å². The van der Waals surface area contributed by atoms with Crippen LogP contribution in [0.25, 0.3) is 0 Å². The summed E-state index contributed by atoms with van der Waals surface area (Å²) in [5, 5.41) is 0. The van der Waals surface area contributed by atoms with Crippen LogP contribution in [0, 0.1) is 0 Å². The van der Waals surface area contributed by atoms with Crippen molar-refractivity contribution in [3.8, 4) is 0 Å². The van der Waals surface area contributed by atoms with Crippen molar-refractivity contribution in [1.29, 1.82) is 0 Å². The van der Waals surface area contributed by atoms with Crippen LogP contribution in [0.1, 0.15) is 36.0 Å².